The Morgan fingerprint density at radius 2 is 2.24 bits per heavy atom. The Bertz CT molecular complexity index is 446. The highest BCUT2D eigenvalue weighted by Gasteiger charge is 2.34. The van der Waals surface area contributed by atoms with Crippen LogP contribution in [-0.2, 0) is 4.79 Å². The Morgan fingerprint density at radius 3 is 2.76 bits per heavy atom. The zero-order chi connectivity index (χ0) is 12.5. The summed E-state index contributed by atoms with van der Waals surface area (Å²) < 4.78 is 0.767. The molecule has 0 unspecified atom stereocenters. The first-order valence-corrected chi connectivity index (χ1v) is 6.69. The van der Waals surface area contributed by atoms with E-state index in [1.165, 1.54) is 0 Å². The monoisotopic (exact) mass is 316 g/mol. The van der Waals surface area contributed by atoms with Gasteiger partial charge in [0, 0.05) is 22.1 Å². The Morgan fingerprint density at radius 1 is 1.53 bits per heavy atom. The maximum Gasteiger partial charge on any atom is 0.226 e. The summed E-state index contributed by atoms with van der Waals surface area (Å²) in [5.74, 6) is -0.0403. The van der Waals surface area contributed by atoms with Crippen molar-refractivity contribution in [1.82, 2.24) is 0 Å². The number of carbonyl (C=O) groups excluding carboxylic acids is 1. The van der Waals surface area contributed by atoms with Crippen LogP contribution in [0, 0.1) is 0 Å². The standard InChI is InChI=1S/C12H14BrClN2O/c13-9-6-8(2-3-10(9)14)16-11(17)7-12(15)4-1-5-12/h2-3,6H,1,4-5,7,15H2,(H,16,17). The molecule has 0 aromatic heterocycles. The molecule has 3 N–H and O–H groups in total. The molecule has 1 fully saturated rings. The van der Waals surface area contributed by atoms with E-state index in [1.807, 2.05) is 0 Å². The van der Waals surface area contributed by atoms with E-state index in [4.69, 9.17) is 17.3 Å². The number of benzene rings is 1. The molecule has 0 radical (unpaired) electrons. The van der Waals surface area contributed by atoms with Crippen molar-refractivity contribution in [2.75, 3.05) is 5.32 Å². The minimum atomic E-state index is -0.284. The van der Waals surface area contributed by atoms with Crippen molar-refractivity contribution in [1.29, 1.82) is 0 Å². The van der Waals surface area contributed by atoms with Crippen molar-refractivity contribution in [2.24, 2.45) is 5.73 Å². The first-order valence-electron chi connectivity index (χ1n) is 5.52. The minimum Gasteiger partial charge on any atom is -0.326 e. The molecule has 1 saturated carbocycles. The summed E-state index contributed by atoms with van der Waals surface area (Å²) in [6.45, 7) is 0. The van der Waals surface area contributed by atoms with Crippen LogP contribution in [-0.4, -0.2) is 11.4 Å². The molecule has 92 valence electrons. The molecule has 0 aliphatic heterocycles. The predicted octanol–water partition coefficient (Wildman–Crippen LogP) is 3.31. The summed E-state index contributed by atoms with van der Waals surface area (Å²) in [4.78, 5) is 11.8. The molecular weight excluding hydrogens is 304 g/mol. The van der Waals surface area contributed by atoms with Crippen molar-refractivity contribution in [2.45, 2.75) is 31.2 Å². The number of anilines is 1. The zero-order valence-corrected chi connectivity index (χ0v) is 11.6. The van der Waals surface area contributed by atoms with Gasteiger partial charge < -0.3 is 11.1 Å². The second kappa shape index (κ2) is 4.96. The Hall–Kier alpha value is -0.580. The van der Waals surface area contributed by atoms with Gasteiger partial charge in [-0.2, -0.15) is 0 Å². The van der Waals surface area contributed by atoms with E-state index in [-0.39, 0.29) is 11.4 Å². The maximum atomic E-state index is 11.8. The van der Waals surface area contributed by atoms with Crippen molar-refractivity contribution >= 4 is 39.1 Å². The van der Waals surface area contributed by atoms with Gasteiger partial charge in [-0.1, -0.05) is 11.6 Å². The van der Waals surface area contributed by atoms with Gasteiger partial charge >= 0.3 is 0 Å². The third-order valence-corrected chi connectivity index (χ3v) is 4.28. The number of nitrogens with two attached hydrogens (primary N) is 1. The van der Waals surface area contributed by atoms with Crippen molar-refractivity contribution < 1.29 is 4.79 Å². The minimum absolute atomic E-state index is 0.0403. The van der Waals surface area contributed by atoms with Crippen molar-refractivity contribution in [3.8, 4) is 0 Å². The predicted molar refractivity (Wildman–Crippen MR) is 73.2 cm³/mol. The average molecular weight is 318 g/mol. The number of hydrogen-bond donors (Lipinski definition) is 2. The number of carbonyl (C=O) groups is 1. The highest BCUT2D eigenvalue weighted by molar-refractivity contribution is 9.10. The van der Waals surface area contributed by atoms with Crippen LogP contribution >= 0.6 is 27.5 Å². The van der Waals surface area contributed by atoms with Crippen molar-refractivity contribution in [3.05, 3.63) is 27.7 Å². The maximum absolute atomic E-state index is 11.8. The summed E-state index contributed by atoms with van der Waals surface area (Å²) in [5.41, 5.74) is 6.47. The number of halogens is 2. The summed E-state index contributed by atoms with van der Waals surface area (Å²) in [7, 11) is 0. The fourth-order valence-electron chi connectivity index (χ4n) is 1.91. The van der Waals surface area contributed by atoms with Gasteiger partial charge in [0.25, 0.3) is 0 Å². The summed E-state index contributed by atoms with van der Waals surface area (Å²) in [6, 6.07) is 5.29. The third-order valence-electron chi connectivity index (χ3n) is 3.07. The lowest BCUT2D eigenvalue weighted by Crippen LogP contribution is -2.48. The quantitative estimate of drug-likeness (QED) is 0.898. The first-order chi connectivity index (χ1) is 7.98. The molecule has 0 bridgehead atoms. The molecule has 5 heteroatoms. The van der Waals surface area contributed by atoms with Gasteiger partial charge in [0.1, 0.15) is 0 Å². The molecule has 1 aliphatic carbocycles. The number of nitrogens with one attached hydrogen (secondary N) is 1. The topological polar surface area (TPSA) is 55.1 Å². The molecule has 0 atom stereocenters. The molecule has 1 aromatic rings. The normalized spacial score (nSPS) is 17.4. The lowest BCUT2D eigenvalue weighted by molar-refractivity contribution is -0.118. The smallest absolute Gasteiger partial charge is 0.226 e. The van der Waals surface area contributed by atoms with Crippen molar-refractivity contribution in [3.63, 3.8) is 0 Å². The largest absolute Gasteiger partial charge is 0.326 e. The summed E-state index contributed by atoms with van der Waals surface area (Å²) >= 11 is 9.19. The van der Waals surface area contributed by atoms with E-state index in [0.717, 1.165) is 29.4 Å². The van der Waals surface area contributed by atoms with Gasteiger partial charge in [0.15, 0.2) is 0 Å². The van der Waals surface area contributed by atoms with E-state index in [2.05, 4.69) is 21.2 Å². The van der Waals surface area contributed by atoms with Crippen LogP contribution in [0.5, 0.6) is 0 Å². The molecule has 1 aromatic carbocycles. The second-order valence-electron chi connectivity index (χ2n) is 4.57. The van der Waals surface area contributed by atoms with E-state index < -0.39 is 0 Å². The van der Waals surface area contributed by atoms with Gasteiger partial charge in [0.2, 0.25) is 5.91 Å². The fraction of sp³-hybridized carbons (Fsp3) is 0.417. The SMILES string of the molecule is NC1(CC(=O)Nc2ccc(Cl)c(Br)c2)CCC1. The Labute approximate surface area is 114 Å². The third kappa shape index (κ3) is 3.21. The number of hydrogen-bond acceptors (Lipinski definition) is 2. The van der Waals surface area contributed by atoms with Crippen LogP contribution in [0.15, 0.2) is 22.7 Å². The zero-order valence-electron chi connectivity index (χ0n) is 9.30. The number of amides is 1. The molecule has 0 saturated heterocycles. The molecule has 3 nitrogen and oxygen atoms in total. The van der Waals surface area contributed by atoms with Gasteiger partial charge in [0.05, 0.1) is 5.02 Å². The van der Waals surface area contributed by atoms with Crippen LogP contribution in [0.4, 0.5) is 5.69 Å². The molecule has 2 rings (SSSR count). The molecule has 0 spiro atoms. The summed E-state index contributed by atoms with van der Waals surface area (Å²) in [5, 5.41) is 3.45. The highest BCUT2D eigenvalue weighted by atomic mass is 79.9. The molecule has 1 amide bonds. The van der Waals surface area contributed by atoms with E-state index in [1.54, 1.807) is 18.2 Å². The number of rotatable bonds is 3. The molecular formula is C12H14BrClN2O. The second-order valence-corrected chi connectivity index (χ2v) is 5.83. The van der Waals surface area contributed by atoms with Gasteiger partial charge in [-0.15, -0.1) is 0 Å². The fourth-order valence-corrected chi connectivity index (χ4v) is 2.40. The van der Waals surface area contributed by atoms with Gasteiger partial charge in [-0.25, -0.2) is 0 Å². The van der Waals surface area contributed by atoms with Gasteiger partial charge in [-0.05, 0) is 53.4 Å². The molecule has 0 heterocycles. The van der Waals surface area contributed by atoms with Crippen LogP contribution in [0.3, 0.4) is 0 Å². The summed E-state index contributed by atoms with van der Waals surface area (Å²) in [6.07, 6.45) is 3.37. The van der Waals surface area contributed by atoms with Crippen LogP contribution in [0.2, 0.25) is 5.02 Å². The molecule has 1 aliphatic rings. The highest BCUT2D eigenvalue weighted by Crippen LogP contribution is 2.32. The van der Waals surface area contributed by atoms with Crippen LogP contribution in [0.25, 0.3) is 0 Å². The van der Waals surface area contributed by atoms with E-state index >= 15 is 0 Å². The average Bonchev–Trinajstić information content (AvgIpc) is 2.21. The first kappa shape index (κ1) is 12.9. The van der Waals surface area contributed by atoms with Crippen LogP contribution in [0.1, 0.15) is 25.7 Å². The van der Waals surface area contributed by atoms with E-state index in [9.17, 15) is 4.79 Å². The Kier molecular flexibility index (Phi) is 3.76. The molecule has 17 heavy (non-hydrogen) atoms. The lowest BCUT2D eigenvalue weighted by Gasteiger charge is -2.37. The lowest BCUT2D eigenvalue weighted by atomic mass is 9.75. The van der Waals surface area contributed by atoms with E-state index in [0.29, 0.717) is 11.4 Å². The van der Waals surface area contributed by atoms with Gasteiger partial charge in [-0.3, -0.25) is 4.79 Å². The van der Waals surface area contributed by atoms with Crippen LogP contribution < -0.4 is 11.1 Å². The Balaban J connectivity index is 1.95.